The van der Waals surface area contributed by atoms with Crippen molar-refractivity contribution in [1.82, 2.24) is 4.90 Å². The molecule has 0 aromatic heterocycles. The molecule has 2 rings (SSSR count). The number of hydrogen-bond donors (Lipinski definition) is 1. The molecule has 0 aliphatic carbocycles. The molecule has 3 heteroatoms. The Hall–Kier alpha value is -1.32. The molecule has 25 heavy (non-hydrogen) atoms. The van der Waals surface area contributed by atoms with Crippen LogP contribution in [0.25, 0.3) is 0 Å². The number of rotatable bonds is 7. The van der Waals surface area contributed by atoms with Crippen molar-refractivity contribution >= 4 is 5.69 Å². The molecule has 1 aromatic carbocycles. The van der Waals surface area contributed by atoms with E-state index in [4.69, 9.17) is 0 Å². The minimum absolute atomic E-state index is 0.253. The molecule has 1 unspecified atom stereocenters. The highest BCUT2D eigenvalue weighted by molar-refractivity contribution is 5.50. The van der Waals surface area contributed by atoms with Gasteiger partial charge < -0.3 is 10.0 Å². The van der Waals surface area contributed by atoms with Crippen molar-refractivity contribution < 1.29 is 5.11 Å². The van der Waals surface area contributed by atoms with Gasteiger partial charge in [0.1, 0.15) is 0 Å². The Bertz CT molecular complexity index is 538. The molecule has 0 saturated carbocycles. The fourth-order valence-electron chi connectivity index (χ4n) is 3.55. The van der Waals surface area contributed by atoms with Crippen LogP contribution in [0, 0.1) is 0 Å². The van der Waals surface area contributed by atoms with Gasteiger partial charge in [-0.2, -0.15) is 0 Å². The molecule has 1 aliphatic rings. The minimum Gasteiger partial charge on any atom is -0.395 e. The SMILES string of the molecule is CC(C)=CCN(c1ccc(C(C)C)cc1)C1CCN(C(C)CO)CC1. The maximum Gasteiger partial charge on any atom is 0.0584 e. The molecular weight excluding hydrogens is 308 g/mol. The van der Waals surface area contributed by atoms with Crippen molar-refractivity contribution in [3.05, 3.63) is 41.5 Å². The zero-order chi connectivity index (χ0) is 18.4. The van der Waals surface area contributed by atoms with E-state index in [0.29, 0.717) is 12.0 Å². The van der Waals surface area contributed by atoms with Gasteiger partial charge in [-0.15, -0.1) is 0 Å². The van der Waals surface area contributed by atoms with Crippen LogP contribution < -0.4 is 4.90 Å². The largest absolute Gasteiger partial charge is 0.395 e. The van der Waals surface area contributed by atoms with Crippen LogP contribution in [0.3, 0.4) is 0 Å². The highest BCUT2D eigenvalue weighted by atomic mass is 16.3. The summed E-state index contributed by atoms with van der Waals surface area (Å²) in [6.07, 6.45) is 4.65. The highest BCUT2D eigenvalue weighted by Gasteiger charge is 2.26. The van der Waals surface area contributed by atoms with Crippen molar-refractivity contribution in [2.75, 3.05) is 31.1 Å². The van der Waals surface area contributed by atoms with Crippen molar-refractivity contribution in [1.29, 1.82) is 0 Å². The van der Waals surface area contributed by atoms with Gasteiger partial charge in [0.05, 0.1) is 6.61 Å². The summed E-state index contributed by atoms with van der Waals surface area (Å²) in [6.45, 7) is 14.3. The third kappa shape index (κ3) is 5.58. The molecule has 0 radical (unpaired) electrons. The van der Waals surface area contributed by atoms with Gasteiger partial charge >= 0.3 is 0 Å². The van der Waals surface area contributed by atoms with Crippen LogP contribution in [0.15, 0.2) is 35.9 Å². The molecule has 140 valence electrons. The smallest absolute Gasteiger partial charge is 0.0584 e. The summed E-state index contributed by atoms with van der Waals surface area (Å²) in [5.74, 6) is 0.573. The lowest BCUT2D eigenvalue weighted by Crippen LogP contribution is -2.48. The first-order chi connectivity index (χ1) is 11.9. The summed E-state index contributed by atoms with van der Waals surface area (Å²) in [4.78, 5) is 4.98. The molecule has 0 bridgehead atoms. The number of likely N-dealkylation sites (tertiary alicyclic amines) is 1. The summed E-state index contributed by atoms with van der Waals surface area (Å²) in [6, 6.07) is 9.98. The molecule has 1 saturated heterocycles. The highest BCUT2D eigenvalue weighted by Crippen LogP contribution is 2.26. The Morgan fingerprint density at radius 1 is 1.16 bits per heavy atom. The van der Waals surface area contributed by atoms with Crippen LogP contribution in [0.5, 0.6) is 0 Å². The zero-order valence-corrected chi connectivity index (χ0v) is 16.7. The first-order valence-corrected chi connectivity index (χ1v) is 9.77. The number of aliphatic hydroxyl groups is 1. The van der Waals surface area contributed by atoms with E-state index < -0.39 is 0 Å². The van der Waals surface area contributed by atoms with Crippen LogP contribution in [0.1, 0.15) is 58.9 Å². The van der Waals surface area contributed by atoms with Gasteiger partial charge in [-0.1, -0.05) is 37.6 Å². The molecule has 1 N–H and O–H groups in total. The Kier molecular flexibility index (Phi) is 7.52. The second-order valence-electron chi connectivity index (χ2n) is 7.98. The Morgan fingerprint density at radius 2 is 1.76 bits per heavy atom. The number of nitrogens with zero attached hydrogens (tertiary/aromatic N) is 2. The second kappa shape index (κ2) is 9.40. The first kappa shape index (κ1) is 20.0. The molecule has 1 atom stereocenters. The average molecular weight is 345 g/mol. The summed E-state index contributed by atoms with van der Waals surface area (Å²) < 4.78 is 0. The zero-order valence-electron chi connectivity index (χ0n) is 16.7. The standard InChI is InChI=1S/C22H36N2O/c1-17(2)10-15-24(21-8-6-20(7-9-21)18(3)4)22-11-13-23(14-12-22)19(5)16-25/h6-10,18-19,22,25H,11-16H2,1-5H3. The van der Waals surface area contributed by atoms with Crippen LogP contribution >= 0.6 is 0 Å². The van der Waals surface area contributed by atoms with Gasteiger partial charge in [-0.3, -0.25) is 4.90 Å². The third-order valence-electron chi connectivity index (χ3n) is 5.42. The molecule has 0 amide bonds. The summed E-state index contributed by atoms with van der Waals surface area (Å²) in [7, 11) is 0. The topological polar surface area (TPSA) is 26.7 Å². The lowest BCUT2D eigenvalue weighted by molar-refractivity contribution is 0.108. The number of hydrogen-bond acceptors (Lipinski definition) is 3. The maximum atomic E-state index is 9.40. The monoisotopic (exact) mass is 344 g/mol. The van der Waals surface area contributed by atoms with Gasteiger partial charge in [-0.05, 0) is 57.2 Å². The quantitative estimate of drug-likeness (QED) is 0.741. The number of allylic oxidation sites excluding steroid dienone is 1. The molecule has 0 spiro atoms. The average Bonchev–Trinajstić information content (AvgIpc) is 2.62. The first-order valence-electron chi connectivity index (χ1n) is 9.77. The molecule has 1 aromatic rings. The third-order valence-corrected chi connectivity index (χ3v) is 5.42. The molecule has 3 nitrogen and oxygen atoms in total. The summed E-state index contributed by atoms with van der Waals surface area (Å²) >= 11 is 0. The van der Waals surface area contributed by atoms with Crippen molar-refractivity contribution in [3.63, 3.8) is 0 Å². The van der Waals surface area contributed by atoms with E-state index in [1.54, 1.807) is 0 Å². The van der Waals surface area contributed by atoms with Gasteiger partial charge in [0.15, 0.2) is 0 Å². The number of anilines is 1. The molecule has 1 heterocycles. The van der Waals surface area contributed by atoms with Crippen molar-refractivity contribution in [2.45, 2.75) is 65.5 Å². The van der Waals surface area contributed by atoms with Crippen LogP contribution in [0.2, 0.25) is 0 Å². The van der Waals surface area contributed by atoms with Gasteiger partial charge in [0.25, 0.3) is 0 Å². The van der Waals surface area contributed by atoms with E-state index in [1.807, 2.05) is 0 Å². The van der Waals surface area contributed by atoms with Crippen LogP contribution in [0.4, 0.5) is 5.69 Å². The Balaban J connectivity index is 2.12. The van der Waals surface area contributed by atoms with Gasteiger partial charge in [-0.25, -0.2) is 0 Å². The number of aliphatic hydroxyl groups excluding tert-OH is 1. The fraction of sp³-hybridized carbons (Fsp3) is 0.636. The molecule has 1 aliphatic heterocycles. The Labute approximate surface area is 154 Å². The van der Waals surface area contributed by atoms with Crippen LogP contribution in [-0.2, 0) is 0 Å². The minimum atomic E-state index is 0.253. The number of benzene rings is 1. The summed E-state index contributed by atoms with van der Waals surface area (Å²) in [5, 5.41) is 9.40. The predicted molar refractivity (Wildman–Crippen MR) is 108 cm³/mol. The van der Waals surface area contributed by atoms with E-state index >= 15 is 0 Å². The second-order valence-corrected chi connectivity index (χ2v) is 7.98. The normalized spacial score (nSPS) is 17.6. The lowest BCUT2D eigenvalue weighted by atomic mass is 9.99. The van der Waals surface area contributed by atoms with E-state index in [-0.39, 0.29) is 12.6 Å². The molecular formula is C22H36N2O. The van der Waals surface area contributed by atoms with E-state index in [0.717, 1.165) is 32.5 Å². The van der Waals surface area contributed by atoms with E-state index in [1.165, 1.54) is 16.8 Å². The predicted octanol–water partition coefficient (Wildman–Crippen LogP) is 4.43. The fourth-order valence-corrected chi connectivity index (χ4v) is 3.55. The lowest BCUT2D eigenvalue weighted by Gasteiger charge is -2.41. The Morgan fingerprint density at radius 3 is 2.24 bits per heavy atom. The van der Waals surface area contributed by atoms with Crippen LogP contribution in [-0.4, -0.2) is 48.3 Å². The van der Waals surface area contributed by atoms with Crippen molar-refractivity contribution in [3.8, 4) is 0 Å². The number of piperidine rings is 1. The van der Waals surface area contributed by atoms with Gasteiger partial charge in [0, 0.05) is 37.4 Å². The molecule has 1 fully saturated rings. The maximum absolute atomic E-state index is 9.40. The van der Waals surface area contributed by atoms with E-state index in [9.17, 15) is 5.11 Å². The van der Waals surface area contributed by atoms with E-state index in [2.05, 4.69) is 74.8 Å². The van der Waals surface area contributed by atoms with Gasteiger partial charge in [0.2, 0.25) is 0 Å². The summed E-state index contributed by atoms with van der Waals surface area (Å²) in [5.41, 5.74) is 4.10. The van der Waals surface area contributed by atoms with Crippen molar-refractivity contribution in [2.24, 2.45) is 0 Å².